The molecule has 2 N–H and O–H groups in total. The van der Waals surface area contributed by atoms with Gasteiger partial charge in [-0.15, -0.1) is 22.7 Å². The second kappa shape index (κ2) is 4.47. The van der Waals surface area contributed by atoms with Gasteiger partial charge in [-0.25, -0.2) is 0 Å². The van der Waals surface area contributed by atoms with Gasteiger partial charge in [0.25, 0.3) is 0 Å². The molecule has 0 saturated carbocycles. The van der Waals surface area contributed by atoms with Gasteiger partial charge in [-0.3, -0.25) is 4.98 Å². The number of hydrogen-bond acceptors (Lipinski definition) is 4. The number of aromatic nitrogens is 1. The van der Waals surface area contributed by atoms with Crippen molar-refractivity contribution in [2.75, 3.05) is 5.73 Å². The van der Waals surface area contributed by atoms with Crippen LogP contribution in [0.25, 0.3) is 10.2 Å². The minimum atomic E-state index is 0.836. The number of thiophene rings is 2. The van der Waals surface area contributed by atoms with Gasteiger partial charge in [0.15, 0.2) is 0 Å². The Morgan fingerprint density at radius 2 is 2.06 bits per heavy atom. The van der Waals surface area contributed by atoms with E-state index in [0.29, 0.717) is 0 Å². The number of aryl methyl sites for hydroxylation is 2. The predicted octanol–water partition coefficient (Wildman–Crippen LogP) is 3.73. The predicted molar refractivity (Wildman–Crippen MR) is 75.8 cm³/mol. The van der Waals surface area contributed by atoms with Crippen molar-refractivity contribution in [3.63, 3.8) is 0 Å². The summed E-state index contributed by atoms with van der Waals surface area (Å²) in [4.78, 5) is 7.13. The molecular weight excluding hydrogens is 248 g/mol. The summed E-state index contributed by atoms with van der Waals surface area (Å²) in [5.74, 6) is 0. The fraction of sp³-hybridized carbons (Fsp3) is 0.154. The summed E-state index contributed by atoms with van der Waals surface area (Å²) in [5, 5.41) is 2.12. The molecule has 0 fully saturated rings. The molecule has 3 rings (SSSR count). The molecule has 0 amide bonds. The van der Waals surface area contributed by atoms with E-state index in [1.54, 1.807) is 17.5 Å². The molecular formula is C13H12N2S2. The number of nitrogen functional groups attached to an aromatic ring is 1. The summed E-state index contributed by atoms with van der Waals surface area (Å²) >= 11 is 3.58. The summed E-state index contributed by atoms with van der Waals surface area (Å²) in [6, 6.07) is 8.31. The van der Waals surface area contributed by atoms with Crippen LogP contribution in [-0.4, -0.2) is 4.98 Å². The Labute approximate surface area is 108 Å². The zero-order valence-corrected chi connectivity index (χ0v) is 10.9. The zero-order chi connectivity index (χ0) is 11.7. The summed E-state index contributed by atoms with van der Waals surface area (Å²) in [7, 11) is 0. The van der Waals surface area contributed by atoms with E-state index in [4.69, 9.17) is 5.73 Å². The molecule has 2 nitrogen and oxygen atoms in total. The molecule has 0 aromatic carbocycles. The highest BCUT2D eigenvalue weighted by Gasteiger charge is 2.05. The largest absolute Gasteiger partial charge is 0.397 e. The maximum Gasteiger partial charge on any atom is 0.0833 e. The van der Waals surface area contributed by atoms with Crippen molar-refractivity contribution in [3.05, 3.63) is 45.6 Å². The summed E-state index contributed by atoms with van der Waals surface area (Å²) in [6.45, 7) is 0. The van der Waals surface area contributed by atoms with Crippen molar-refractivity contribution >= 4 is 38.6 Å². The fourth-order valence-electron chi connectivity index (χ4n) is 1.83. The molecule has 0 unspecified atom stereocenters. The highest BCUT2D eigenvalue weighted by atomic mass is 32.1. The number of fused-ring (bicyclic) bond motifs is 1. The van der Waals surface area contributed by atoms with E-state index in [1.807, 2.05) is 17.4 Å². The Hall–Kier alpha value is -1.39. The number of rotatable bonds is 3. The molecule has 17 heavy (non-hydrogen) atoms. The van der Waals surface area contributed by atoms with E-state index >= 15 is 0 Å². The third-order valence-corrected chi connectivity index (χ3v) is 4.86. The van der Waals surface area contributed by atoms with E-state index in [1.165, 1.54) is 9.75 Å². The van der Waals surface area contributed by atoms with Gasteiger partial charge in [0, 0.05) is 16.0 Å². The standard InChI is InChI=1S/C13H12N2S2/c14-11-5-6-15-12-8-10(17-13(11)12)4-3-9-2-1-7-16-9/h1-2,5-8H,3-4H2,(H2,14,15). The van der Waals surface area contributed by atoms with E-state index in [9.17, 15) is 0 Å². The number of hydrogen-bond donors (Lipinski definition) is 1. The van der Waals surface area contributed by atoms with E-state index in [2.05, 4.69) is 28.6 Å². The molecule has 0 bridgehead atoms. The molecule has 4 heteroatoms. The van der Waals surface area contributed by atoms with Gasteiger partial charge in [-0.2, -0.15) is 0 Å². The average molecular weight is 260 g/mol. The van der Waals surface area contributed by atoms with Gasteiger partial charge < -0.3 is 5.73 Å². The van der Waals surface area contributed by atoms with Crippen LogP contribution in [0.3, 0.4) is 0 Å². The van der Waals surface area contributed by atoms with Crippen molar-refractivity contribution in [1.29, 1.82) is 0 Å². The lowest BCUT2D eigenvalue weighted by molar-refractivity contribution is 1.00. The van der Waals surface area contributed by atoms with Gasteiger partial charge in [0.2, 0.25) is 0 Å². The van der Waals surface area contributed by atoms with Crippen LogP contribution in [0.4, 0.5) is 5.69 Å². The van der Waals surface area contributed by atoms with Crippen LogP contribution in [0.1, 0.15) is 9.75 Å². The molecule has 0 aliphatic carbocycles. The molecule has 0 spiro atoms. The van der Waals surface area contributed by atoms with Gasteiger partial charge in [-0.05, 0) is 36.4 Å². The Balaban J connectivity index is 1.84. The molecule has 0 saturated heterocycles. The van der Waals surface area contributed by atoms with Gasteiger partial charge >= 0.3 is 0 Å². The average Bonchev–Trinajstić information content (AvgIpc) is 2.95. The first-order chi connectivity index (χ1) is 8.33. The van der Waals surface area contributed by atoms with Gasteiger partial charge in [0.05, 0.1) is 15.9 Å². The van der Waals surface area contributed by atoms with Crippen LogP contribution in [-0.2, 0) is 12.8 Å². The first kappa shape index (κ1) is 10.7. The van der Waals surface area contributed by atoms with E-state index in [0.717, 1.165) is 28.7 Å². The third kappa shape index (κ3) is 2.18. The van der Waals surface area contributed by atoms with Gasteiger partial charge in [-0.1, -0.05) is 6.07 Å². The Morgan fingerprint density at radius 1 is 1.18 bits per heavy atom. The third-order valence-electron chi connectivity index (χ3n) is 2.69. The van der Waals surface area contributed by atoms with Crippen molar-refractivity contribution in [1.82, 2.24) is 4.98 Å². The SMILES string of the molecule is Nc1ccnc2cc(CCc3cccs3)sc12. The topological polar surface area (TPSA) is 38.9 Å². The van der Waals surface area contributed by atoms with Crippen molar-refractivity contribution in [3.8, 4) is 0 Å². The lowest BCUT2D eigenvalue weighted by atomic mass is 10.2. The molecule has 3 aromatic heterocycles. The number of pyridine rings is 1. The highest BCUT2D eigenvalue weighted by Crippen LogP contribution is 2.29. The van der Waals surface area contributed by atoms with Gasteiger partial charge in [0.1, 0.15) is 0 Å². The van der Waals surface area contributed by atoms with Crippen molar-refractivity contribution in [2.45, 2.75) is 12.8 Å². The fourth-order valence-corrected chi connectivity index (χ4v) is 3.58. The van der Waals surface area contributed by atoms with Crippen LogP contribution in [0.15, 0.2) is 35.8 Å². The molecule has 0 aliphatic heterocycles. The minimum Gasteiger partial charge on any atom is -0.397 e. The first-order valence-electron chi connectivity index (χ1n) is 5.48. The highest BCUT2D eigenvalue weighted by molar-refractivity contribution is 7.19. The van der Waals surface area contributed by atoms with Crippen LogP contribution in [0, 0.1) is 0 Å². The van der Waals surface area contributed by atoms with Crippen LogP contribution >= 0.6 is 22.7 Å². The molecule has 3 aromatic rings. The van der Waals surface area contributed by atoms with Crippen molar-refractivity contribution < 1.29 is 0 Å². The Kier molecular flexibility index (Phi) is 2.82. The van der Waals surface area contributed by atoms with Crippen LogP contribution < -0.4 is 5.73 Å². The summed E-state index contributed by atoms with van der Waals surface area (Å²) in [5.41, 5.74) is 7.79. The Morgan fingerprint density at radius 3 is 2.82 bits per heavy atom. The quantitative estimate of drug-likeness (QED) is 0.779. The number of nitrogens with two attached hydrogens (primary N) is 1. The van der Waals surface area contributed by atoms with Crippen LogP contribution in [0.5, 0.6) is 0 Å². The van der Waals surface area contributed by atoms with E-state index < -0.39 is 0 Å². The monoisotopic (exact) mass is 260 g/mol. The number of nitrogens with zero attached hydrogens (tertiary/aromatic N) is 1. The maximum absolute atomic E-state index is 5.93. The summed E-state index contributed by atoms with van der Waals surface area (Å²) in [6.07, 6.45) is 3.94. The maximum atomic E-state index is 5.93. The summed E-state index contributed by atoms with van der Waals surface area (Å²) < 4.78 is 1.12. The molecule has 86 valence electrons. The second-order valence-corrected chi connectivity index (χ2v) is 6.08. The lowest BCUT2D eigenvalue weighted by Gasteiger charge is -1.93. The number of anilines is 1. The molecule has 0 aliphatic rings. The van der Waals surface area contributed by atoms with E-state index in [-0.39, 0.29) is 0 Å². The molecule has 3 heterocycles. The first-order valence-corrected chi connectivity index (χ1v) is 7.18. The second-order valence-electron chi connectivity index (χ2n) is 3.91. The lowest BCUT2D eigenvalue weighted by Crippen LogP contribution is -1.83. The smallest absolute Gasteiger partial charge is 0.0833 e. The normalized spacial score (nSPS) is 11.1. The van der Waals surface area contributed by atoms with Crippen molar-refractivity contribution in [2.24, 2.45) is 0 Å². The Bertz CT molecular complexity index is 626. The minimum absolute atomic E-state index is 0.836. The molecule has 0 radical (unpaired) electrons. The molecule has 0 atom stereocenters. The van der Waals surface area contributed by atoms with Crippen LogP contribution in [0.2, 0.25) is 0 Å². The zero-order valence-electron chi connectivity index (χ0n) is 9.22.